The van der Waals surface area contributed by atoms with Crippen LogP contribution < -0.4 is 5.32 Å². The fourth-order valence-corrected chi connectivity index (χ4v) is 4.70. The zero-order chi connectivity index (χ0) is 21.8. The van der Waals surface area contributed by atoms with Gasteiger partial charge in [0.1, 0.15) is 6.33 Å². The Labute approximate surface area is 189 Å². The summed E-state index contributed by atoms with van der Waals surface area (Å²) >= 11 is 3.13. The second kappa shape index (κ2) is 9.49. The van der Waals surface area contributed by atoms with E-state index in [1.165, 1.54) is 22.2 Å². The predicted octanol–water partition coefficient (Wildman–Crippen LogP) is 4.42. The fraction of sp³-hybridized carbons (Fsp3) is 0.273. The smallest absolute Gasteiger partial charge is 0.234 e. The van der Waals surface area contributed by atoms with Crippen molar-refractivity contribution in [3.05, 3.63) is 69.9 Å². The van der Waals surface area contributed by atoms with Gasteiger partial charge in [0, 0.05) is 11.4 Å². The van der Waals surface area contributed by atoms with E-state index < -0.39 is 0 Å². The highest BCUT2D eigenvalue weighted by molar-refractivity contribution is 7.99. The fourth-order valence-electron chi connectivity index (χ4n) is 3.26. The van der Waals surface area contributed by atoms with Crippen molar-refractivity contribution >= 4 is 34.7 Å². The van der Waals surface area contributed by atoms with Crippen LogP contribution in [0.3, 0.4) is 0 Å². The molecule has 9 heteroatoms. The molecule has 0 aliphatic heterocycles. The van der Waals surface area contributed by atoms with Crippen molar-refractivity contribution in [3.8, 4) is 5.69 Å². The first kappa shape index (κ1) is 21.3. The number of anilines is 1. The SMILES string of the molecule is Cc1ccc(-n2nc(C)c(NC(=O)CSc3nncn3CCc3cccs3)c2C)cc1. The van der Waals surface area contributed by atoms with Gasteiger partial charge in [0.15, 0.2) is 5.16 Å². The number of amides is 1. The molecule has 1 N–H and O–H groups in total. The zero-order valence-electron chi connectivity index (χ0n) is 17.7. The summed E-state index contributed by atoms with van der Waals surface area (Å²) in [5.41, 5.74) is 4.61. The molecule has 0 saturated heterocycles. The minimum absolute atomic E-state index is 0.0903. The number of nitrogens with one attached hydrogen (secondary N) is 1. The summed E-state index contributed by atoms with van der Waals surface area (Å²) in [6.07, 6.45) is 2.64. The number of hydrogen-bond acceptors (Lipinski definition) is 6. The van der Waals surface area contributed by atoms with Crippen molar-refractivity contribution in [2.75, 3.05) is 11.1 Å². The summed E-state index contributed by atoms with van der Waals surface area (Å²) in [7, 11) is 0. The van der Waals surface area contributed by atoms with Crippen LogP contribution in [-0.4, -0.2) is 36.2 Å². The van der Waals surface area contributed by atoms with Gasteiger partial charge in [0.2, 0.25) is 5.91 Å². The number of carbonyl (C=O) groups excluding carboxylic acids is 1. The summed E-state index contributed by atoms with van der Waals surface area (Å²) in [4.78, 5) is 14.0. The molecule has 7 nitrogen and oxygen atoms in total. The lowest BCUT2D eigenvalue weighted by molar-refractivity contribution is -0.113. The highest BCUT2D eigenvalue weighted by Gasteiger charge is 2.16. The van der Waals surface area contributed by atoms with Gasteiger partial charge >= 0.3 is 0 Å². The molecule has 0 atom stereocenters. The molecule has 3 aromatic heterocycles. The molecule has 31 heavy (non-hydrogen) atoms. The largest absolute Gasteiger partial charge is 0.322 e. The van der Waals surface area contributed by atoms with E-state index in [9.17, 15) is 4.79 Å². The average molecular weight is 453 g/mol. The quantitative estimate of drug-likeness (QED) is 0.400. The molecule has 1 aromatic carbocycles. The number of hydrogen-bond donors (Lipinski definition) is 1. The maximum absolute atomic E-state index is 12.6. The van der Waals surface area contributed by atoms with Gasteiger partial charge < -0.3 is 9.88 Å². The molecule has 0 unspecified atom stereocenters. The molecule has 4 aromatic rings. The van der Waals surface area contributed by atoms with E-state index in [2.05, 4.69) is 57.2 Å². The van der Waals surface area contributed by atoms with Crippen LogP contribution in [0.4, 0.5) is 5.69 Å². The lowest BCUT2D eigenvalue weighted by Gasteiger charge is -2.08. The Kier molecular flexibility index (Phi) is 6.53. The van der Waals surface area contributed by atoms with Crippen molar-refractivity contribution in [2.24, 2.45) is 0 Å². The standard InChI is InChI=1S/C22H24N6OS2/c1-15-6-8-18(9-7-15)28-17(3)21(16(2)26-28)24-20(29)13-31-22-25-23-14-27(22)11-10-19-5-4-12-30-19/h4-9,12,14H,10-11,13H2,1-3H3,(H,24,29). The summed E-state index contributed by atoms with van der Waals surface area (Å²) in [6, 6.07) is 12.3. The molecule has 160 valence electrons. The molecule has 0 radical (unpaired) electrons. The Morgan fingerprint density at radius 1 is 1.16 bits per heavy atom. The number of aromatic nitrogens is 5. The first-order valence-corrected chi connectivity index (χ1v) is 11.8. The molecule has 4 rings (SSSR count). The minimum Gasteiger partial charge on any atom is -0.322 e. The highest BCUT2D eigenvalue weighted by Crippen LogP contribution is 2.24. The van der Waals surface area contributed by atoms with E-state index in [4.69, 9.17) is 0 Å². The average Bonchev–Trinajstić information content (AvgIpc) is 3.49. The molecular weight excluding hydrogens is 428 g/mol. The van der Waals surface area contributed by atoms with Crippen molar-refractivity contribution in [1.82, 2.24) is 24.5 Å². The Morgan fingerprint density at radius 3 is 2.71 bits per heavy atom. The van der Waals surface area contributed by atoms with Gasteiger partial charge in [-0.2, -0.15) is 5.10 Å². The molecule has 0 bridgehead atoms. The molecule has 0 aliphatic rings. The third-order valence-electron chi connectivity index (χ3n) is 4.93. The van der Waals surface area contributed by atoms with Crippen molar-refractivity contribution < 1.29 is 4.79 Å². The van der Waals surface area contributed by atoms with E-state index in [-0.39, 0.29) is 11.7 Å². The van der Waals surface area contributed by atoms with E-state index in [1.54, 1.807) is 17.7 Å². The molecule has 1 amide bonds. The molecule has 3 heterocycles. The highest BCUT2D eigenvalue weighted by atomic mass is 32.2. The van der Waals surface area contributed by atoms with Crippen LogP contribution in [0.15, 0.2) is 53.3 Å². The zero-order valence-corrected chi connectivity index (χ0v) is 19.3. The topological polar surface area (TPSA) is 77.6 Å². The summed E-state index contributed by atoms with van der Waals surface area (Å²) in [5, 5.41) is 18.6. The first-order chi connectivity index (χ1) is 15.0. The van der Waals surface area contributed by atoms with Crippen LogP contribution in [0.25, 0.3) is 5.69 Å². The van der Waals surface area contributed by atoms with Gasteiger partial charge in [0.05, 0.1) is 28.5 Å². The Morgan fingerprint density at radius 2 is 1.97 bits per heavy atom. The van der Waals surface area contributed by atoms with E-state index in [0.29, 0.717) is 0 Å². The number of benzene rings is 1. The third-order valence-corrected chi connectivity index (χ3v) is 6.84. The second-order valence-corrected chi connectivity index (χ2v) is 9.24. The van der Waals surface area contributed by atoms with E-state index >= 15 is 0 Å². The van der Waals surface area contributed by atoms with Crippen LogP contribution in [0.2, 0.25) is 0 Å². The number of thiophene rings is 1. The lowest BCUT2D eigenvalue weighted by Crippen LogP contribution is -2.16. The summed E-state index contributed by atoms with van der Waals surface area (Å²) < 4.78 is 3.85. The Bertz CT molecular complexity index is 1160. The third kappa shape index (κ3) is 5.05. The maximum Gasteiger partial charge on any atom is 0.234 e. The summed E-state index contributed by atoms with van der Waals surface area (Å²) in [6.45, 7) is 6.71. The molecule has 0 aliphatic carbocycles. The normalized spacial score (nSPS) is 11.1. The predicted molar refractivity (Wildman–Crippen MR) is 125 cm³/mol. The number of thioether (sulfide) groups is 1. The van der Waals surface area contributed by atoms with Crippen LogP contribution in [0, 0.1) is 20.8 Å². The van der Waals surface area contributed by atoms with E-state index in [0.717, 1.165) is 40.9 Å². The monoisotopic (exact) mass is 452 g/mol. The van der Waals surface area contributed by atoms with Gasteiger partial charge in [-0.3, -0.25) is 4.79 Å². The van der Waals surface area contributed by atoms with Crippen LogP contribution in [0.1, 0.15) is 21.8 Å². The van der Waals surface area contributed by atoms with Crippen LogP contribution >= 0.6 is 23.1 Å². The number of nitrogens with zero attached hydrogens (tertiary/aromatic N) is 5. The minimum atomic E-state index is -0.0903. The van der Waals surface area contributed by atoms with Gasteiger partial charge in [-0.15, -0.1) is 21.5 Å². The van der Waals surface area contributed by atoms with Gasteiger partial charge in [0.25, 0.3) is 0 Å². The molecule has 0 spiro atoms. The van der Waals surface area contributed by atoms with Gasteiger partial charge in [-0.05, 0) is 50.8 Å². The summed E-state index contributed by atoms with van der Waals surface area (Å²) in [5.74, 6) is 0.166. The van der Waals surface area contributed by atoms with Gasteiger partial charge in [-0.1, -0.05) is 35.5 Å². The van der Waals surface area contributed by atoms with Crippen LogP contribution in [-0.2, 0) is 17.8 Å². The molecule has 0 fully saturated rings. The lowest BCUT2D eigenvalue weighted by atomic mass is 10.2. The van der Waals surface area contributed by atoms with Gasteiger partial charge in [-0.25, -0.2) is 4.68 Å². The van der Waals surface area contributed by atoms with E-state index in [1.807, 2.05) is 35.2 Å². The maximum atomic E-state index is 12.6. The second-order valence-electron chi connectivity index (χ2n) is 7.27. The molecule has 0 saturated carbocycles. The number of aryl methyl sites for hydroxylation is 4. The molecular formula is C22H24N6OS2. The van der Waals surface area contributed by atoms with Crippen molar-refractivity contribution in [3.63, 3.8) is 0 Å². The van der Waals surface area contributed by atoms with Crippen LogP contribution in [0.5, 0.6) is 0 Å². The first-order valence-electron chi connectivity index (χ1n) is 9.97. The van der Waals surface area contributed by atoms with Crippen molar-refractivity contribution in [1.29, 1.82) is 0 Å². The Balaban J connectivity index is 1.38. The Hall–Kier alpha value is -2.91. The number of carbonyl (C=O) groups is 1. The number of rotatable bonds is 8. The van der Waals surface area contributed by atoms with Crippen molar-refractivity contribution in [2.45, 2.75) is 38.9 Å².